The van der Waals surface area contributed by atoms with Gasteiger partial charge < -0.3 is 15.5 Å². The van der Waals surface area contributed by atoms with Gasteiger partial charge in [-0.15, -0.1) is 0 Å². The normalized spacial score (nSPS) is 10.9. The second kappa shape index (κ2) is 9.61. The standard InChI is InChI=1S/C21H25BrN6/c1-15-12-17(22)7-8-18(15)25-20-13-19(16-6-4-9-23-14-16)26-21(27-20)24-10-5-11-28(2)3/h4,6-9,12-14H,5,10-11H2,1-3H3,(H2,24,25,26,27). The van der Waals surface area contributed by atoms with Crippen LogP contribution in [0.15, 0.2) is 53.3 Å². The molecule has 0 spiro atoms. The molecule has 6 nitrogen and oxygen atoms in total. The van der Waals surface area contributed by atoms with E-state index in [1.807, 2.05) is 36.5 Å². The van der Waals surface area contributed by atoms with E-state index >= 15 is 0 Å². The molecule has 0 radical (unpaired) electrons. The van der Waals surface area contributed by atoms with Crippen molar-refractivity contribution in [3.63, 3.8) is 0 Å². The van der Waals surface area contributed by atoms with Gasteiger partial charge in [-0.25, -0.2) is 4.98 Å². The Morgan fingerprint density at radius 2 is 1.96 bits per heavy atom. The molecule has 0 saturated carbocycles. The maximum absolute atomic E-state index is 4.68. The van der Waals surface area contributed by atoms with Crippen LogP contribution in [0.1, 0.15) is 12.0 Å². The highest BCUT2D eigenvalue weighted by Gasteiger charge is 2.09. The van der Waals surface area contributed by atoms with Gasteiger partial charge in [-0.05, 0) is 69.9 Å². The van der Waals surface area contributed by atoms with E-state index in [0.29, 0.717) is 5.95 Å². The fraction of sp³-hybridized carbons (Fsp3) is 0.286. The molecule has 2 heterocycles. The number of rotatable bonds is 8. The highest BCUT2D eigenvalue weighted by atomic mass is 79.9. The number of halogens is 1. The number of benzene rings is 1. The SMILES string of the molecule is Cc1cc(Br)ccc1Nc1cc(-c2cccnc2)nc(NCCCN(C)C)n1. The fourth-order valence-corrected chi connectivity index (χ4v) is 3.23. The molecular formula is C21H25BrN6. The minimum atomic E-state index is 0.609. The third-order valence-corrected chi connectivity index (χ3v) is 4.69. The van der Waals surface area contributed by atoms with Crippen LogP contribution < -0.4 is 10.6 Å². The van der Waals surface area contributed by atoms with Gasteiger partial charge in [-0.1, -0.05) is 15.9 Å². The van der Waals surface area contributed by atoms with Crippen molar-refractivity contribution in [2.75, 3.05) is 37.8 Å². The van der Waals surface area contributed by atoms with Gasteiger partial charge in [0.25, 0.3) is 0 Å². The number of hydrogen-bond donors (Lipinski definition) is 2. The van der Waals surface area contributed by atoms with Crippen LogP contribution >= 0.6 is 15.9 Å². The van der Waals surface area contributed by atoms with Crippen molar-refractivity contribution in [2.45, 2.75) is 13.3 Å². The summed E-state index contributed by atoms with van der Waals surface area (Å²) in [5.41, 5.74) is 3.93. The third kappa shape index (κ3) is 5.74. The molecule has 0 aliphatic heterocycles. The van der Waals surface area contributed by atoms with Crippen molar-refractivity contribution >= 4 is 33.4 Å². The molecule has 3 aromatic rings. The van der Waals surface area contributed by atoms with E-state index in [1.54, 1.807) is 6.20 Å². The van der Waals surface area contributed by atoms with Crippen LogP contribution in [-0.2, 0) is 0 Å². The lowest BCUT2D eigenvalue weighted by Gasteiger charge is -2.14. The molecule has 0 amide bonds. The van der Waals surface area contributed by atoms with Crippen LogP contribution in [0.4, 0.5) is 17.5 Å². The Morgan fingerprint density at radius 3 is 2.68 bits per heavy atom. The largest absolute Gasteiger partial charge is 0.354 e. The summed E-state index contributed by atoms with van der Waals surface area (Å²) < 4.78 is 1.05. The molecule has 0 saturated heterocycles. The van der Waals surface area contributed by atoms with E-state index in [9.17, 15) is 0 Å². The first-order valence-corrected chi connectivity index (χ1v) is 10.0. The lowest BCUT2D eigenvalue weighted by atomic mass is 10.2. The van der Waals surface area contributed by atoms with Crippen molar-refractivity contribution < 1.29 is 0 Å². The van der Waals surface area contributed by atoms with E-state index in [-0.39, 0.29) is 0 Å². The molecule has 2 N–H and O–H groups in total. The van der Waals surface area contributed by atoms with Gasteiger partial charge in [-0.2, -0.15) is 4.98 Å². The number of nitrogens with one attached hydrogen (secondary N) is 2. The van der Waals surface area contributed by atoms with Gasteiger partial charge in [0.05, 0.1) is 5.69 Å². The molecule has 0 fully saturated rings. The molecule has 0 bridgehead atoms. The summed E-state index contributed by atoms with van der Waals surface area (Å²) in [5, 5.41) is 6.76. The molecule has 7 heteroatoms. The van der Waals surface area contributed by atoms with Crippen molar-refractivity contribution in [3.8, 4) is 11.3 Å². The van der Waals surface area contributed by atoms with Gasteiger partial charge in [0, 0.05) is 40.7 Å². The zero-order valence-corrected chi connectivity index (χ0v) is 18.0. The molecule has 0 aliphatic rings. The zero-order chi connectivity index (χ0) is 19.9. The van der Waals surface area contributed by atoms with Gasteiger partial charge in [-0.3, -0.25) is 4.98 Å². The van der Waals surface area contributed by atoms with Crippen LogP contribution in [0.3, 0.4) is 0 Å². The highest BCUT2D eigenvalue weighted by molar-refractivity contribution is 9.10. The Morgan fingerprint density at radius 1 is 1.11 bits per heavy atom. The minimum Gasteiger partial charge on any atom is -0.354 e. The molecule has 146 valence electrons. The lowest BCUT2D eigenvalue weighted by Crippen LogP contribution is -2.17. The summed E-state index contributed by atoms with van der Waals surface area (Å²) in [4.78, 5) is 15.7. The number of nitrogens with zero attached hydrogens (tertiary/aromatic N) is 4. The lowest BCUT2D eigenvalue weighted by molar-refractivity contribution is 0.405. The number of anilines is 3. The molecule has 0 aliphatic carbocycles. The first-order chi connectivity index (χ1) is 13.5. The van der Waals surface area contributed by atoms with Crippen molar-refractivity contribution in [3.05, 3.63) is 58.8 Å². The second-order valence-electron chi connectivity index (χ2n) is 6.87. The average molecular weight is 441 g/mol. The van der Waals surface area contributed by atoms with E-state index in [2.05, 4.69) is 73.5 Å². The molecule has 0 atom stereocenters. The predicted octanol–water partition coefficient (Wildman–Crippen LogP) is 4.72. The van der Waals surface area contributed by atoms with Crippen LogP contribution in [0.5, 0.6) is 0 Å². The van der Waals surface area contributed by atoms with Crippen LogP contribution in [0.25, 0.3) is 11.3 Å². The summed E-state index contributed by atoms with van der Waals surface area (Å²) in [6.07, 6.45) is 4.59. The summed E-state index contributed by atoms with van der Waals surface area (Å²) in [7, 11) is 4.14. The topological polar surface area (TPSA) is 66.0 Å². The fourth-order valence-electron chi connectivity index (χ4n) is 2.75. The van der Waals surface area contributed by atoms with E-state index in [1.165, 1.54) is 0 Å². The van der Waals surface area contributed by atoms with Crippen LogP contribution in [0, 0.1) is 6.92 Å². The molecule has 3 rings (SSSR count). The Kier molecular flexibility index (Phi) is 6.95. The first-order valence-electron chi connectivity index (χ1n) is 9.22. The highest BCUT2D eigenvalue weighted by Crippen LogP contribution is 2.26. The molecule has 28 heavy (non-hydrogen) atoms. The quantitative estimate of drug-likeness (QED) is 0.494. The van der Waals surface area contributed by atoms with Gasteiger partial charge in [0.1, 0.15) is 5.82 Å². The van der Waals surface area contributed by atoms with Crippen molar-refractivity contribution in [1.29, 1.82) is 0 Å². The minimum absolute atomic E-state index is 0.609. The zero-order valence-electron chi connectivity index (χ0n) is 16.4. The Balaban J connectivity index is 1.86. The number of pyridine rings is 1. The first kappa shape index (κ1) is 20.2. The summed E-state index contributed by atoms with van der Waals surface area (Å²) in [6, 6.07) is 12.0. The van der Waals surface area contributed by atoms with Crippen LogP contribution in [-0.4, -0.2) is 47.0 Å². The average Bonchev–Trinajstić information content (AvgIpc) is 2.68. The van der Waals surface area contributed by atoms with E-state index in [4.69, 9.17) is 0 Å². The van der Waals surface area contributed by atoms with Crippen molar-refractivity contribution in [2.24, 2.45) is 0 Å². The number of aromatic nitrogens is 3. The van der Waals surface area contributed by atoms with Crippen LogP contribution in [0.2, 0.25) is 0 Å². The smallest absolute Gasteiger partial charge is 0.225 e. The summed E-state index contributed by atoms with van der Waals surface area (Å²) >= 11 is 3.51. The maximum atomic E-state index is 4.68. The Bertz CT molecular complexity index is 914. The number of hydrogen-bond acceptors (Lipinski definition) is 6. The third-order valence-electron chi connectivity index (χ3n) is 4.20. The predicted molar refractivity (Wildman–Crippen MR) is 119 cm³/mol. The van der Waals surface area contributed by atoms with Gasteiger partial charge in [0.2, 0.25) is 5.95 Å². The summed E-state index contributed by atoms with van der Waals surface area (Å²) in [5.74, 6) is 1.35. The Labute approximate surface area is 174 Å². The van der Waals surface area contributed by atoms with Crippen molar-refractivity contribution in [1.82, 2.24) is 19.9 Å². The molecule has 0 unspecified atom stereocenters. The molecule has 1 aromatic carbocycles. The Hall–Kier alpha value is -2.51. The van der Waals surface area contributed by atoms with Gasteiger partial charge in [0.15, 0.2) is 0 Å². The van der Waals surface area contributed by atoms with E-state index in [0.717, 1.165) is 52.3 Å². The maximum Gasteiger partial charge on any atom is 0.225 e. The van der Waals surface area contributed by atoms with E-state index < -0.39 is 0 Å². The number of aryl methyl sites for hydroxylation is 1. The second-order valence-corrected chi connectivity index (χ2v) is 7.79. The molecule has 2 aromatic heterocycles. The molecular weight excluding hydrogens is 416 g/mol. The summed E-state index contributed by atoms with van der Waals surface area (Å²) in [6.45, 7) is 3.89. The monoisotopic (exact) mass is 440 g/mol. The van der Waals surface area contributed by atoms with Gasteiger partial charge >= 0.3 is 0 Å².